The van der Waals surface area contributed by atoms with Gasteiger partial charge in [0.25, 0.3) is 5.91 Å². The molecule has 5 heteroatoms. The normalized spacial score (nSPS) is 19.7. The quantitative estimate of drug-likeness (QED) is 0.535. The Balaban J connectivity index is 1.36. The molecule has 3 aromatic carbocycles. The highest BCUT2D eigenvalue weighted by atomic mass is 32.2. The van der Waals surface area contributed by atoms with Gasteiger partial charge in [-0.15, -0.1) is 0 Å². The number of rotatable bonds is 4. The molecule has 1 heterocycles. The van der Waals surface area contributed by atoms with Crippen molar-refractivity contribution in [1.29, 1.82) is 0 Å². The van der Waals surface area contributed by atoms with Gasteiger partial charge in [0.15, 0.2) is 11.0 Å². The van der Waals surface area contributed by atoms with E-state index >= 15 is 0 Å². The van der Waals surface area contributed by atoms with E-state index in [1.165, 1.54) is 33.9 Å². The summed E-state index contributed by atoms with van der Waals surface area (Å²) in [4.78, 5) is 11.9. The molecule has 1 unspecified atom stereocenters. The maximum atomic E-state index is 12.0. The first-order valence-electron chi connectivity index (χ1n) is 11.2. The van der Waals surface area contributed by atoms with Crippen molar-refractivity contribution in [1.82, 2.24) is 4.72 Å². The number of hydrogen-bond acceptors (Lipinski definition) is 3. The molecule has 0 saturated carbocycles. The van der Waals surface area contributed by atoms with E-state index in [1.54, 1.807) is 0 Å². The van der Waals surface area contributed by atoms with Crippen LogP contribution in [0, 0.1) is 0 Å². The third-order valence-corrected chi connectivity index (χ3v) is 7.49. The Morgan fingerprint density at radius 2 is 1.64 bits per heavy atom. The van der Waals surface area contributed by atoms with Crippen molar-refractivity contribution in [3.8, 4) is 16.9 Å². The fourth-order valence-corrected chi connectivity index (χ4v) is 5.48. The van der Waals surface area contributed by atoms with E-state index in [9.17, 15) is 9.00 Å². The molecule has 0 fully saturated rings. The highest BCUT2D eigenvalue weighted by Gasteiger charge is 2.27. The zero-order valence-electron chi connectivity index (χ0n) is 19.1. The highest BCUT2D eigenvalue weighted by molar-refractivity contribution is 7.93. The van der Waals surface area contributed by atoms with Gasteiger partial charge in [0.05, 0.1) is 4.91 Å². The first-order chi connectivity index (χ1) is 15.8. The summed E-state index contributed by atoms with van der Waals surface area (Å²) in [6.45, 7) is 6.70. The Morgan fingerprint density at radius 1 is 0.939 bits per heavy atom. The van der Waals surface area contributed by atoms with E-state index in [2.05, 4.69) is 68.0 Å². The van der Waals surface area contributed by atoms with Crippen LogP contribution in [0.2, 0.25) is 0 Å². The van der Waals surface area contributed by atoms with Gasteiger partial charge >= 0.3 is 0 Å². The predicted molar refractivity (Wildman–Crippen MR) is 133 cm³/mol. The second kappa shape index (κ2) is 8.31. The Labute approximate surface area is 197 Å². The van der Waals surface area contributed by atoms with Gasteiger partial charge in [0.1, 0.15) is 11.9 Å². The molecule has 5 rings (SSSR count). The molecule has 2 aliphatic rings. The minimum absolute atomic E-state index is 0.00252. The van der Waals surface area contributed by atoms with Gasteiger partial charge in [-0.2, -0.15) is 0 Å². The van der Waals surface area contributed by atoms with E-state index in [1.807, 2.05) is 24.3 Å². The fourth-order valence-electron chi connectivity index (χ4n) is 4.56. The van der Waals surface area contributed by atoms with Crippen molar-refractivity contribution >= 4 is 21.8 Å². The van der Waals surface area contributed by atoms with Crippen molar-refractivity contribution in [3.63, 3.8) is 0 Å². The number of hydrogen-bond donors (Lipinski definition) is 1. The van der Waals surface area contributed by atoms with Crippen molar-refractivity contribution in [2.75, 3.05) is 0 Å². The molecule has 1 N–H and O–H groups in total. The molecule has 2 atom stereocenters. The third-order valence-electron chi connectivity index (χ3n) is 6.35. The zero-order valence-corrected chi connectivity index (χ0v) is 19.9. The van der Waals surface area contributed by atoms with Crippen LogP contribution in [0.3, 0.4) is 0 Å². The van der Waals surface area contributed by atoms with Crippen LogP contribution in [0.5, 0.6) is 5.75 Å². The van der Waals surface area contributed by atoms with Gasteiger partial charge in [0.2, 0.25) is 0 Å². The molecule has 168 valence electrons. The Bertz CT molecular complexity index is 1270. The number of nitrogens with one attached hydrogen (secondary N) is 1. The number of ether oxygens (including phenoxy) is 1. The van der Waals surface area contributed by atoms with E-state index in [0.717, 1.165) is 24.2 Å². The van der Waals surface area contributed by atoms with Gasteiger partial charge in [-0.3, -0.25) is 9.52 Å². The van der Waals surface area contributed by atoms with E-state index in [4.69, 9.17) is 4.74 Å². The summed E-state index contributed by atoms with van der Waals surface area (Å²) in [6.07, 6.45) is 3.30. The third kappa shape index (κ3) is 4.25. The van der Waals surface area contributed by atoms with Crippen LogP contribution in [0.25, 0.3) is 16.0 Å². The summed E-state index contributed by atoms with van der Waals surface area (Å²) in [5, 5.41) is 0. The summed E-state index contributed by atoms with van der Waals surface area (Å²) in [6, 6.07) is 22.9. The highest BCUT2D eigenvalue weighted by Crippen LogP contribution is 2.40. The van der Waals surface area contributed by atoms with Crippen LogP contribution in [0.15, 0.2) is 72.8 Å². The molecule has 4 nitrogen and oxygen atoms in total. The van der Waals surface area contributed by atoms with Gasteiger partial charge in [-0.1, -0.05) is 75.4 Å². The number of benzene rings is 3. The first-order valence-corrected chi connectivity index (χ1v) is 12.4. The van der Waals surface area contributed by atoms with E-state index < -0.39 is 11.0 Å². The van der Waals surface area contributed by atoms with Crippen LogP contribution in [-0.2, 0) is 27.6 Å². The largest absolute Gasteiger partial charge is 0.486 e. The van der Waals surface area contributed by atoms with Gasteiger partial charge in [-0.05, 0) is 63.8 Å². The molecule has 0 radical (unpaired) electrons. The molecule has 3 aromatic rings. The van der Waals surface area contributed by atoms with Crippen LogP contribution in [0.4, 0.5) is 0 Å². The summed E-state index contributed by atoms with van der Waals surface area (Å²) < 4.78 is 20.7. The number of fused-ring (bicyclic) bond motifs is 1. The summed E-state index contributed by atoms with van der Waals surface area (Å²) >= 11 is 0. The summed E-state index contributed by atoms with van der Waals surface area (Å²) in [5.74, 6) is 0.440. The average molecular weight is 458 g/mol. The van der Waals surface area contributed by atoms with Crippen molar-refractivity contribution in [2.24, 2.45) is 0 Å². The van der Waals surface area contributed by atoms with Gasteiger partial charge < -0.3 is 4.74 Å². The minimum atomic E-state index is -1.49. The second-order valence-corrected chi connectivity index (χ2v) is 10.8. The predicted octanol–water partition coefficient (Wildman–Crippen LogP) is 5.85. The SMILES string of the molecule is CC(C)(C)c1ccc(-c2cccc3c2CC[C@H]3Oc2ccc(C3=CC(=O)NS3=O)cc2)cc1. The number of carbonyl (C=O) groups is 1. The standard InChI is InChI=1S/C28H27NO3S/c1-28(2,3)20-11-7-18(8-12-20)22-5-4-6-24-23(22)15-16-25(24)32-21-13-9-19(10-14-21)26-17-27(30)29-33(26)31/h4-14,17,25H,15-16H2,1-3H3,(H,29,30)/t25-,33?/m1/s1. The lowest BCUT2D eigenvalue weighted by molar-refractivity contribution is -0.114. The van der Waals surface area contributed by atoms with Crippen molar-refractivity contribution in [3.05, 3.63) is 95.1 Å². The van der Waals surface area contributed by atoms with Crippen LogP contribution in [-0.4, -0.2) is 10.1 Å². The fraction of sp³-hybridized carbons (Fsp3) is 0.250. The second-order valence-electron chi connectivity index (χ2n) is 9.61. The molecule has 0 bridgehead atoms. The molecule has 33 heavy (non-hydrogen) atoms. The maximum absolute atomic E-state index is 12.0. The lowest BCUT2D eigenvalue weighted by Crippen LogP contribution is -2.16. The number of amides is 1. The zero-order chi connectivity index (χ0) is 23.2. The first kappa shape index (κ1) is 21.7. The summed E-state index contributed by atoms with van der Waals surface area (Å²) in [7, 11) is -1.49. The summed E-state index contributed by atoms with van der Waals surface area (Å²) in [5.41, 5.74) is 7.35. The van der Waals surface area contributed by atoms with E-state index in [-0.39, 0.29) is 17.4 Å². The molecule has 0 saturated heterocycles. The van der Waals surface area contributed by atoms with E-state index in [0.29, 0.717) is 4.91 Å². The van der Waals surface area contributed by atoms with Crippen molar-refractivity contribution in [2.45, 2.75) is 45.1 Å². The smallest absolute Gasteiger partial charge is 0.257 e. The molecule has 0 spiro atoms. The molecule has 1 amide bonds. The molecule has 0 aromatic heterocycles. The molecule has 1 aliphatic carbocycles. The Kier molecular flexibility index (Phi) is 5.45. The van der Waals surface area contributed by atoms with Crippen LogP contribution in [0.1, 0.15) is 55.5 Å². The van der Waals surface area contributed by atoms with Crippen LogP contribution < -0.4 is 9.46 Å². The Morgan fingerprint density at radius 3 is 2.27 bits per heavy atom. The molecular weight excluding hydrogens is 430 g/mol. The van der Waals surface area contributed by atoms with Gasteiger partial charge in [-0.25, -0.2) is 4.21 Å². The lowest BCUT2D eigenvalue weighted by Gasteiger charge is -2.20. The van der Waals surface area contributed by atoms with Crippen molar-refractivity contribution < 1.29 is 13.7 Å². The minimum Gasteiger partial charge on any atom is -0.486 e. The average Bonchev–Trinajstić information content (AvgIpc) is 3.36. The maximum Gasteiger partial charge on any atom is 0.257 e. The number of carbonyl (C=O) groups excluding carboxylic acids is 1. The molecular formula is C28H27NO3S. The monoisotopic (exact) mass is 457 g/mol. The molecule has 1 aliphatic heterocycles. The van der Waals surface area contributed by atoms with Crippen LogP contribution >= 0.6 is 0 Å². The topological polar surface area (TPSA) is 55.4 Å². The lowest BCUT2D eigenvalue weighted by atomic mass is 9.86. The Hall–Kier alpha value is -3.18. The van der Waals surface area contributed by atoms with Gasteiger partial charge in [0, 0.05) is 6.08 Å².